The third kappa shape index (κ3) is 5.37. The molecule has 8 heteroatoms. The summed E-state index contributed by atoms with van der Waals surface area (Å²) in [6.45, 7) is 7.48. The van der Waals surface area contributed by atoms with Crippen LogP contribution in [0.25, 0.3) is 11.3 Å². The van der Waals surface area contributed by atoms with Crippen LogP contribution in [0.4, 0.5) is 5.82 Å². The van der Waals surface area contributed by atoms with Crippen LogP contribution in [0, 0.1) is 0 Å². The summed E-state index contributed by atoms with van der Waals surface area (Å²) in [7, 11) is 0. The first-order valence-electron chi connectivity index (χ1n) is 11.1. The van der Waals surface area contributed by atoms with E-state index in [0.717, 1.165) is 17.1 Å². The number of ether oxygens (including phenoxy) is 2. The number of aromatic nitrogens is 2. The number of benzene rings is 2. The molecular weight excluding hydrogens is 440 g/mol. The van der Waals surface area contributed by atoms with Crippen molar-refractivity contribution in [2.45, 2.75) is 13.8 Å². The Morgan fingerprint density at radius 1 is 0.879 bits per heavy atom. The van der Waals surface area contributed by atoms with Crippen molar-refractivity contribution in [2.75, 3.05) is 44.3 Å². The van der Waals surface area contributed by atoms with Crippen LogP contribution in [-0.2, 0) is 0 Å². The predicted molar refractivity (Wildman–Crippen MR) is 129 cm³/mol. The number of anilines is 1. The summed E-state index contributed by atoms with van der Waals surface area (Å²) in [5, 5.41) is 9.45. The highest BCUT2D eigenvalue weighted by Gasteiger charge is 2.24. The number of hydrogen-bond acceptors (Lipinski definition) is 6. The number of piperazine rings is 1. The molecule has 172 valence electrons. The van der Waals surface area contributed by atoms with Gasteiger partial charge in [0.1, 0.15) is 0 Å². The summed E-state index contributed by atoms with van der Waals surface area (Å²) in [5.41, 5.74) is 2.36. The number of nitrogens with zero attached hydrogens (tertiary/aromatic N) is 4. The third-order valence-electron chi connectivity index (χ3n) is 5.47. The molecule has 3 aromatic rings. The van der Waals surface area contributed by atoms with E-state index >= 15 is 0 Å². The van der Waals surface area contributed by atoms with Gasteiger partial charge in [-0.1, -0.05) is 23.7 Å². The lowest BCUT2D eigenvalue weighted by atomic mass is 10.1. The lowest BCUT2D eigenvalue weighted by Gasteiger charge is -2.35. The minimum absolute atomic E-state index is 0.0113. The fourth-order valence-corrected chi connectivity index (χ4v) is 3.90. The zero-order valence-corrected chi connectivity index (χ0v) is 19.6. The summed E-state index contributed by atoms with van der Waals surface area (Å²) in [6.07, 6.45) is 0. The van der Waals surface area contributed by atoms with E-state index in [1.54, 1.807) is 18.2 Å². The van der Waals surface area contributed by atoms with E-state index < -0.39 is 0 Å². The normalized spacial score (nSPS) is 13.7. The highest BCUT2D eigenvalue weighted by Crippen LogP contribution is 2.29. The Labute approximate surface area is 198 Å². The molecule has 0 N–H and O–H groups in total. The van der Waals surface area contributed by atoms with Crippen LogP contribution in [0.2, 0.25) is 5.02 Å². The zero-order chi connectivity index (χ0) is 23.2. The van der Waals surface area contributed by atoms with Gasteiger partial charge in [0, 0.05) is 42.3 Å². The summed E-state index contributed by atoms with van der Waals surface area (Å²) in [6, 6.07) is 16.8. The first-order valence-corrected chi connectivity index (χ1v) is 11.5. The smallest absolute Gasteiger partial charge is 0.254 e. The summed E-state index contributed by atoms with van der Waals surface area (Å²) < 4.78 is 11.3. The number of amides is 1. The number of carbonyl (C=O) groups excluding carboxylic acids is 1. The summed E-state index contributed by atoms with van der Waals surface area (Å²) >= 11 is 5.96. The highest BCUT2D eigenvalue weighted by atomic mass is 35.5. The van der Waals surface area contributed by atoms with Gasteiger partial charge in [0.15, 0.2) is 17.3 Å². The fourth-order valence-electron chi connectivity index (χ4n) is 3.77. The molecule has 1 saturated heterocycles. The molecule has 0 unspecified atom stereocenters. The van der Waals surface area contributed by atoms with E-state index in [1.165, 1.54) is 0 Å². The first kappa shape index (κ1) is 22.9. The molecular formula is C25H27ClN4O3. The van der Waals surface area contributed by atoms with Crippen molar-refractivity contribution in [3.8, 4) is 22.8 Å². The van der Waals surface area contributed by atoms with Crippen LogP contribution in [0.1, 0.15) is 24.2 Å². The molecule has 2 heterocycles. The summed E-state index contributed by atoms with van der Waals surface area (Å²) in [4.78, 5) is 17.1. The third-order valence-corrected chi connectivity index (χ3v) is 5.72. The van der Waals surface area contributed by atoms with Crippen molar-refractivity contribution in [2.24, 2.45) is 0 Å². The van der Waals surface area contributed by atoms with Crippen LogP contribution in [0.15, 0.2) is 54.6 Å². The maximum absolute atomic E-state index is 13.1. The first-order chi connectivity index (χ1) is 16.1. The van der Waals surface area contributed by atoms with Gasteiger partial charge in [-0.15, -0.1) is 10.2 Å². The van der Waals surface area contributed by atoms with Gasteiger partial charge in [0.25, 0.3) is 5.91 Å². The van der Waals surface area contributed by atoms with Gasteiger partial charge in [-0.25, -0.2) is 0 Å². The maximum Gasteiger partial charge on any atom is 0.254 e. The van der Waals surface area contributed by atoms with Gasteiger partial charge < -0.3 is 19.3 Å². The molecule has 1 amide bonds. The second-order valence-corrected chi connectivity index (χ2v) is 8.03. The Bertz CT molecular complexity index is 1080. The van der Waals surface area contributed by atoms with Crippen molar-refractivity contribution in [1.82, 2.24) is 15.1 Å². The van der Waals surface area contributed by atoms with Crippen molar-refractivity contribution in [3.63, 3.8) is 0 Å². The van der Waals surface area contributed by atoms with E-state index in [-0.39, 0.29) is 5.91 Å². The van der Waals surface area contributed by atoms with Crippen LogP contribution in [0.3, 0.4) is 0 Å². The van der Waals surface area contributed by atoms with E-state index in [4.69, 9.17) is 21.1 Å². The average Bonchev–Trinajstić information content (AvgIpc) is 2.86. The Morgan fingerprint density at radius 2 is 1.58 bits per heavy atom. The molecule has 4 rings (SSSR count). The molecule has 0 radical (unpaired) electrons. The predicted octanol–water partition coefficient (Wildman–Crippen LogP) is 4.56. The topological polar surface area (TPSA) is 67.8 Å². The molecule has 0 atom stereocenters. The summed E-state index contributed by atoms with van der Waals surface area (Å²) in [5.74, 6) is 2.04. The largest absolute Gasteiger partial charge is 0.490 e. The number of rotatable bonds is 7. The SMILES string of the molecule is CCOc1ccc(C(=O)N2CCN(c3ccc(-c4ccc(Cl)cc4)nn3)CC2)cc1OCC. The lowest BCUT2D eigenvalue weighted by Crippen LogP contribution is -2.49. The Kier molecular flexibility index (Phi) is 7.29. The standard InChI is InChI=1S/C25H27ClN4O3/c1-3-32-22-11-7-19(17-23(22)33-4-2)25(31)30-15-13-29(14-16-30)24-12-10-21(27-28-24)18-5-8-20(26)9-6-18/h5-12,17H,3-4,13-16H2,1-2H3. The zero-order valence-electron chi connectivity index (χ0n) is 18.8. The van der Waals surface area contributed by atoms with Crippen LogP contribution in [-0.4, -0.2) is 60.4 Å². The molecule has 1 aliphatic rings. The minimum Gasteiger partial charge on any atom is -0.490 e. The molecule has 0 bridgehead atoms. The molecule has 7 nitrogen and oxygen atoms in total. The van der Waals surface area contributed by atoms with Gasteiger partial charge >= 0.3 is 0 Å². The van der Waals surface area contributed by atoms with Crippen LogP contribution >= 0.6 is 11.6 Å². The van der Waals surface area contributed by atoms with Gasteiger partial charge in [-0.3, -0.25) is 4.79 Å². The van der Waals surface area contributed by atoms with Gasteiger partial charge in [-0.05, 0) is 56.3 Å². The van der Waals surface area contributed by atoms with Crippen LogP contribution < -0.4 is 14.4 Å². The Morgan fingerprint density at radius 3 is 2.21 bits per heavy atom. The molecule has 0 spiro atoms. The van der Waals surface area contributed by atoms with Crippen molar-refractivity contribution in [1.29, 1.82) is 0 Å². The quantitative estimate of drug-likeness (QED) is 0.508. The van der Waals surface area contributed by atoms with E-state index in [1.807, 2.05) is 55.1 Å². The van der Waals surface area contributed by atoms with Gasteiger partial charge in [-0.2, -0.15) is 0 Å². The molecule has 0 aliphatic carbocycles. The van der Waals surface area contributed by atoms with E-state index in [9.17, 15) is 4.79 Å². The Balaban J connectivity index is 1.39. The van der Waals surface area contributed by atoms with Crippen molar-refractivity contribution >= 4 is 23.3 Å². The maximum atomic E-state index is 13.1. The minimum atomic E-state index is -0.0113. The number of carbonyl (C=O) groups is 1. The van der Waals surface area contributed by atoms with Crippen LogP contribution in [0.5, 0.6) is 11.5 Å². The van der Waals surface area contributed by atoms with E-state index in [2.05, 4.69) is 15.1 Å². The molecule has 0 saturated carbocycles. The van der Waals surface area contributed by atoms with Crippen molar-refractivity contribution in [3.05, 3.63) is 65.2 Å². The monoisotopic (exact) mass is 466 g/mol. The molecule has 2 aromatic carbocycles. The molecule has 33 heavy (non-hydrogen) atoms. The van der Waals surface area contributed by atoms with Gasteiger partial charge in [0.05, 0.1) is 18.9 Å². The second-order valence-electron chi connectivity index (χ2n) is 7.59. The average molecular weight is 467 g/mol. The lowest BCUT2D eigenvalue weighted by molar-refractivity contribution is 0.0746. The van der Waals surface area contributed by atoms with E-state index in [0.29, 0.717) is 61.5 Å². The van der Waals surface area contributed by atoms with Crippen molar-refractivity contribution < 1.29 is 14.3 Å². The highest BCUT2D eigenvalue weighted by molar-refractivity contribution is 6.30. The second kappa shape index (κ2) is 10.5. The number of hydrogen-bond donors (Lipinski definition) is 0. The van der Waals surface area contributed by atoms with Gasteiger partial charge in [0.2, 0.25) is 0 Å². The number of halogens is 1. The Hall–Kier alpha value is -3.32. The molecule has 1 fully saturated rings. The molecule has 1 aliphatic heterocycles. The fraction of sp³-hybridized carbons (Fsp3) is 0.320. The molecule has 1 aromatic heterocycles.